The van der Waals surface area contributed by atoms with Crippen LogP contribution in [-0.4, -0.2) is 69.2 Å². The zero-order valence-electron chi connectivity index (χ0n) is 24.1. The number of para-hydroxylation sites is 2. The number of aryl methyl sites for hydroxylation is 2. The molecule has 0 radical (unpaired) electrons. The Hall–Kier alpha value is -2.70. The van der Waals surface area contributed by atoms with Crippen molar-refractivity contribution in [2.24, 2.45) is 17.8 Å². The molecule has 1 saturated carbocycles. The van der Waals surface area contributed by atoms with E-state index in [1.807, 2.05) is 6.33 Å². The quantitative estimate of drug-likeness (QED) is 0.313. The van der Waals surface area contributed by atoms with Crippen LogP contribution in [0.4, 0.5) is 0 Å². The first-order valence-corrected chi connectivity index (χ1v) is 15.7. The molecule has 3 atom stereocenters. The van der Waals surface area contributed by atoms with Crippen molar-refractivity contribution in [1.82, 2.24) is 19.4 Å². The molecule has 6 heteroatoms. The fourth-order valence-corrected chi connectivity index (χ4v) is 7.60. The second kappa shape index (κ2) is 12.4. The Morgan fingerprint density at radius 2 is 1.85 bits per heavy atom. The Morgan fingerprint density at radius 3 is 2.60 bits per heavy atom. The molecule has 0 spiro atoms. The van der Waals surface area contributed by atoms with Crippen molar-refractivity contribution >= 4 is 17.0 Å². The Morgan fingerprint density at radius 1 is 1.02 bits per heavy atom. The summed E-state index contributed by atoms with van der Waals surface area (Å²) in [7, 11) is 0. The predicted octanol–water partition coefficient (Wildman–Crippen LogP) is 6.20. The van der Waals surface area contributed by atoms with Crippen LogP contribution in [0.3, 0.4) is 0 Å². The number of likely N-dealkylation sites (tertiary alicyclic amines) is 2. The highest BCUT2D eigenvalue weighted by Gasteiger charge is 2.41. The zero-order chi connectivity index (χ0) is 27.5. The van der Waals surface area contributed by atoms with Crippen LogP contribution in [0.5, 0.6) is 0 Å². The molecule has 1 N–H and O–H groups in total. The van der Waals surface area contributed by atoms with E-state index in [1.54, 1.807) is 0 Å². The molecule has 2 aliphatic heterocycles. The molecular formula is C34H46N4O2. The fraction of sp³-hybridized carbons (Fsp3) is 0.588. The molecule has 3 aliphatic rings. The van der Waals surface area contributed by atoms with Gasteiger partial charge in [0.05, 0.1) is 17.4 Å². The number of imidazole rings is 1. The fourth-order valence-electron chi connectivity index (χ4n) is 7.60. The van der Waals surface area contributed by atoms with Gasteiger partial charge in [0.2, 0.25) is 0 Å². The third kappa shape index (κ3) is 6.28. The summed E-state index contributed by atoms with van der Waals surface area (Å²) in [5.74, 6) is 1.67. The van der Waals surface area contributed by atoms with Crippen LogP contribution in [0.2, 0.25) is 0 Å². The lowest BCUT2D eigenvalue weighted by molar-refractivity contribution is -0.144. The van der Waals surface area contributed by atoms with Crippen LogP contribution in [0, 0.1) is 24.7 Å². The van der Waals surface area contributed by atoms with Gasteiger partial charge in [0.1, 0.15) is 6.04 Å². The minimum atomic E-state index is -0.625. The van der Waals surface area contributed by atoms with Crippen molar-refractivity contribution < 1.29 is 9.90 Å². The van der Waals surface area contributed by atoms with Crippen molar-refractivity contribution in [1.29, 1.82) is 0 Å². The van der Waals surface area contributed by atoms with E-state index in [-0.39, 0.29) is 6.04 Å². The van der Waals surface area contributed by atoms with Gasteiger partial charge in [0, 0.05) is 32.1 Å². The van der Waals surface area contributed by atoms with Crippen molar-refractivity contribution in [2.75, 3.05) is 32.7 Å². The molecule has 0 amide bonds. The summed E-state index contributed by atoms with van der Waals surface area (Å²) in [5, 5.41) is 10.2. The average Bonchev–Trinajstić information content (AvgIpc) is 3.53. The van der Waals surface area contributed by atoms with Crippen LogP contribution in [-0.2, 0) is 11.3 Å². The first kappa shape index (κ1) is 27.5. The molecule has 6 rings (SSSR count). The maximum atomic E-state index is 12.4. The molecule has 3 heterocycles. The number of aromatic nitrogens is 2. The molecule has 1 aromatic heterocycles. The van der Waals surface area contributed by atoms with Gasteiger partial charge in [0.15, 0.2) is 0 Å². The Balaban J connectivity index is 1.04. The summed E-state index contributed by atoms with van der Waals surface area (Å²) in [4.78, 5) is 21.9. The van der Waals surface area contributed by atoms with E-state index in [4.69, 9.17) is 0 Å². The molecule has 3 fully saturated rings. The van der Waals surface area contributed by atoms with E-state index >= 15 is 0 Å². The molecule has 0 bridgehead atoms. The molecule has 1 aliphatic carbocycles. The van der Waals surface area contributed by atoms with Crippen molar-refractivity contribution in [3.05, 3.63) is 66.0 Å². The normalized spacial score (nSPS) is 23.9. The third-order valence-corrected chi connectivity index (χ3v) is 10.2. The number of carbonyl (C=O) groups is 1. The summed E-state index contributed by atoms with van der Waals surface area (Å²) < 4.78 is 2.30. The van der Waals surface area contributed by atoms with Crippen molar-refractivity contribution in [2.45, 2.75) is 76.8 Å². The first-order valence-electron chi connectivity index (χ1n) is 15.7. The zero-order valence-corrected chi connectivity index (χ0v) is 24.1. The van der Waals surface area contributed by atoms with E-state index in [9.17, 15) is 9.90 Å². The van der Waals surface area contributed by atoms with Gasteiger partial charge in [-0.25, -0.2) is 4.98 Å². The van der Waals surface area contributed by atoms with E-state index < -0.39 is 5.97 Å². The lowest BCUT2D eigenvalue weighted by atomic mass is 9.80. The summed E-state index contributed by atoms with van der Waals surface area (Å²) in [6, 6.07) is 17.0. The van der Waals surface area contributed by atoms with Gasteiger partial charge in [-0.1, -0.05) is 61.2 Å². The number of nitrogens with zero attached hydrogens (tertiary/aromatic N) is 4. The largest absolute Gasteiger partial charge is 0.480 e. The number of piperidine rings is 1. The highest BCUT2D eigenvalue weighted by Crippen LogP contribution is 2.38. The van der Waals surface area contributed by atoms with Crippen molar-refractivity contribution in [3.8, 4) is 0 Å². The van der Waals surface area contributed by atoms with Gasteiger partial charge in [0.25, 0.3) is 0 Å². The lowest BCUT2D eigenvalue weighted by Crippen LogP contribution is -2.43. The van der Waals surface area contributed by atoms with Gasteiger partial charge < -0.3 is 14.6 Å². The van der Waals surface area contributed by atoms with Crippen LogP contribution < -0.4 is 0 Å². The van der Waals surface area contributed by atoms with E-state index in [2.05, 4.69) is 74.8 Å². The predicted molar refractivity (Wildman–Crippen MR) is 160 cm³/mol. The number of fused-ring (bicyclic) bond motifs is 1. The maximum Gasteiger partial charge on any atom is 0.320 e. The molecule has 214 valence electrons. The maximum absolute atomic E-state index is 12.4. The highest BCUT2D eigenvalue weighted by atomic mass is 16.4. The minimum absolute atomic E-state index is 0.332. The molecule has 3 aromatic rings. The van der Waals surface area contributed by atoms with Gasteiger partial charge in [-0.05, 0) is 87.6 Å². The summed E-state index contributed by atoms with van der Waals surface area (Å²) >= 11 is 0. The third-order valence-electron chi connectivity index (χ3n) is 10.2. The number of carboxylic acids is 1. The molecular weight excluding hydrogens is 496 g/mol. The first-order chi connectivity index (χ1) is 19.5. The van der Waals surface area contributed by atoms with Crippen LogP contribution in [0.15, 0.2) is 54.9 Å². The number of hydrogen-bond donors (Lipinski definition) is 1. The van der Waals surface area contributed by atoms with E-state index in [1.165, 1.54) is 74.7 Å². The monoisotopic (exact) mass is 542 g/mol. The second-order valence-electron chi connectivity index (χ2n) is 12.9. The van der Waals surface area contributed by atoms with E-state index in [0.29, 0.717) is 17.8 Å². The lowest BCUT2D eigenvalue weighted by Gasteiger charge is -2.35. The smallest absolute Gasteiger partial charge is 0.320 e. The molecule has 40 heavy (non-hydrogen) atoms. The Kier molecular flexibility index (Phi) is 8.54. The average molecular weight is 543 g/mol. The number of benzene rings is 2. The van der Waals surface area contributed by atoms with Crippen LogP contribution in [0.1, 0.15) is 68.4 Å². The number of carboxylic acid groups (broad SMARTS) is 1. The standard InChI is InChI=1S/C34H46N4O2/c1-25-7-4-11-28(19-25)30-23-38(33(34(39)40)20-27-8-5-9-27)22-29(30)21-36-17-14-26(15-18-36)10-6-16-37-24-35-31-12-2-3-13-32(31)37/h2-4,7,11-13,19,24,26-27,29-30,33H,5-6,8-10,14-18,20-23H2,1H3,(H,39,40). The number of aliphatic carboxylic acids is 1. The molecule has 2 aromatic carbocycles. The topological polar surface area (TPSA) is 61.6 Å². The summed E-state index contributed by atoms with van der Waals surface area (Å²) in [5.41, 5.74) is 5.01. The molecule has 3 unspecified atom stereocenters. The number of rotatable bonds is 11. The SMILES string of the molecule is Cc1cccc(C2CN(C(CC3CCC3)C(=O)O)CC2CN2CCC(CCCn3cnc4ccccc43)CC2)c1. The van der Waals surface area contributed by atoms with Gasteiger partial charge in [-0.3, -0.25) is 9.69 Å². The van der Waals surface area contributed by atoms with Gasteiger partial charge in [-0.15, -0.1) is 0 Å². The van der Waals surface area contributed by atoms with Crippen molar-refractivity contribution in [3.63, 3.8) is 0 Å². The summed E-state index contributed by atoms with van der Waals surface area (Å²) in [6.07, 6.45) is 11.5. The minimum Gasteiger partial charge on any atom is -0.480 e. The van der Waals surface area contributed by atoms with Crippen LogP contribution >= 0.6 is 0 Å². The molecule has 2 saturated heterocycles. The Labute approximate surface area is 239 Å². The van der Waals surface area contributed by atoms with Crippen LogP contribution in [0.25, 0.3) is 11.0 Å². The Bertz CT molecular complexity index is 1280. The van der Waals surface area contributed by atoms with E-state index in [0.717, 1.165) is 44.0 Å². The van der Waals surface area contributed by atoms with Gasteiger partial charge >= 0.3 is 5.97 Å². The summed E-state index contributed by atoms with van der Waals surface area (Å²) in [6.45, 7) is 8.40. The second-order valence-corrected chi connectivity index (χ2v) is 12.9. The highest BCUT2D eigenvalue weighted by molar-refractivity contribution is 5.75. The molecule has 6 nitrogen and oxygen atoms in total. The number of hydrogen-bond acceptors (Lipinski definition) is 4. The van der Waals surface area contributed by atoms with Gasteiger partial charge in [-0.2, -0.15) is 0 Å².